The van der Waals surface area contributed by atoms with Gasteiger partial charge in [-0.2, -0.15) is 5.11 Å². The van der Waals surface area contributed by atoms with Crippen LogP contribution in [0, 0.1) is 0 Å². The van der Waals surface area contributed by atoms with Crippen molar-refractivity contribution in [3.8, 4) is 5.75 Å². The number of hydrogen-bond donors (Lipinski definition) is 1. The molecule has 0 unspecified atom stereocenters. The molecular formula is C19H24N2O. The summed E-state index contributed by atoms with van der Waals surface area (Å²) in [6, 6.07) is 13.6. The summed E-state index contributed by atoms with van der Waals surface area (Å²) < 4.78 is 0. The van der Waals surface area contributed by atoms with E-state index in [2.05, 4.69) is 50.1 Å². The number of nitrogens with zero attached hydrogens (tertiary/aromatic N) is 2. The Hall–Kier alpha value is -2.16. The van der Waals surface area contributed by atoms with Crippen LogP contribution in [0.25, 0.3) is 0 Å². The van der Waals surface area contributed by atoms with Gasteiger partial charge in [0.1, 0.15) is 11.4 Å². The summed E-state index contributed by atoms with van der Waals surface area (Å²) in [5.41, 5.74) is 3.79. The monoisotopic (exact) mass is 296 g/mol. The minimum absolute atomic E-state index is 0.128. The summed E-state index contributed by atoms with van der Waals surface area (Å²) >= 11 is 0. The first-order chi connectivity index (χ1) is 10.4. The van der Waals surface area contributed by atoms with Crippen LogP contribution in [0.1, 0.15) is 45.2 Å². The van der Waals surface area contributed by atoms with Crippen LogP contribution in [0.5, 0.6) is 5.75 Å². The molecule has 3 heteroatoms. The van der Waals surface area contributed by atoms with Crippen LogP contribution in [-0.4, -0.2) is 5.11 Å². The molecule has 0 aliphatic carbocycles. The van der Waals surface area contributed by atoms with Crippen molar-refractivity contribution in [1.29, 1.82) is 0 Å². The van der Waals surface area contributed by atoms with Crippen molar-refractivity contribution < 1.29 is 5.11 Å². The van der Waals surface area contributed by atoms with Crippen LogP contribution in [0.15, 0.2) is 52.7 Å². The second-order valence-corrected chi connectivity index (χ2v) is 6.57. The first-order valence-electron chi connectivity index (χ1n) is 7.74. The van der Waals surface area contributed by atoms with Gasteiger partial charge in [-0.25, -0.2) is 0 Å². The van der Waals surface area contributed by atoms with Crippen LogP contribution in [0.4, 0.5) is 11.4 Å². The second-order valence-electron chi connectivity index (χ2n) is 6.57. The fraction of sp³-hybridized carbons (Fsp3) is 0.368. The first-order valence-corrected chi connectivity index (χ1v) is 7.74. The van der Waals surface area contributed by atoms with Crippen molar-refractivity contribution in [1.82, 2.24) is 0 Å². The fourth-order valence-corrected chi connectivity index (χ4v) is 2.24. The lowest BCUT2D eigenvalue weighted by atomic mass is 9.87. The van der Waals surface area contributed by atoms with E-state index in [0.717, 1.165) is 24.1 Å². The predicted octanol–water partition coefficient (Wildman–Crippen LogP) is 6.06. The highest BCUT2D eigenvalue weighted by Crippen LogP contribution is 2.30. The van der Waals surface area contributed by atoms with E-state index < -0.39 is 0 Å². The van der Waals surface area contributed by atoms with Gasteiger partial charge < -0.3 is 5.11 Å². The third kappa shape index (κ3) is 4.17. The maximum atomic E-state index is 9.99. The summed E-state index contributed by atoms with van der Waals surface area (Å²) in [5, 5.41) is 18.3. The maximum Gasteiger partial charge on any atom is 0.143 e. The molecule has 3 nitrogen and oxygen atoms in total. The van der Waals surface area contributed by atoms with Gasteiger partial charge in [0.25, 0.3) is 0 Å². The number of azo groups is 1. The molecule has 0 amide bonds. The topological polar surface area (TPSA) is 45.0 Å². The molecule has 1 N–H and O–H groups in total. The average Bonchev–Trinajstić information content (AvgIpc) is 2.46. The van der Waals surface area contributed by atoms with E-state index in [1.54, 1.807) is 6.07 Å². The lowest BCUT2D eigenvalue weighted by molar-refractivity contribution is 0.475. The number of aromatic hydroxyl groups is 1. The predicted molar refractivity (Wildman–Crippen MR) is 91.4 cm³/mol. The molecule has 0 radical (unpaired) electrons. The summed E-state index contributed by atoms with van der Waals surface area (Å²) in [7, 11) is 0. The summed E-state index contributed by atoms with van der Waals surface area (Å²) in [6.07, 6.45) is 2.01. The Morgan fingerprint density at radius 2 is 1.64 bits per heavy atom. The second kappa shape index (κ2) is 6.73. The molecule has 0 aromatic heterocycles. The Balaban J connectivity index is 2.15. The fourth-order valence-electron chi connectivity index (χ4n) is 2.24. The number of hydrogen-bond acceptors (Lipinski definition) is 3. The highest BCUT2D eigenvalue weighted by atomic mass is 16.3. The van der Waals surface area contributed by atoms with Gasteiger partial charge in [0, 0.05) is 0 Å². The third-order valence-corrected chi connectivity index (χ3v) is 3.59. The molecule has 0 aliphatic rings. The molecule has 116 valence electrons. The van der Waals surface area contributed by atoms with E-state index in [1.807, 2.05) is 24.3 Å². The molecule has 2 rings (SSSR count). The highest BCUT2D eigenvalue weighted by molar-refractivity contribution is 5.52. The molecule has 2 aromatic rings. The number of benzene rings is 2. The quantitative estimate of drug-likeness (QED) is 0.685. The molecule has 0 atom stereocenters. The molecule has 0 fully saturated rings. The van der Waals surface area contributed by atoms with E-state index in [1.165, 1.54) is 5.56 Å². The lowest BCUT2D eigenvalue weighted by Gasteiger charge is -2.18. The summed E-state index contributed by atoms with van der Waals surface area (Å²) in [4.78, 5) is 0. The van der Waals surface area contributed by atoms with E-state index in [9.17, 15) is 5.11 Å². The van der Waals surface area contributed by atoms with Gasteiger partial charge in [0.15, 0.2) is 0 Å². The van der Waals surface area contributed by atoms with Crippen LogP contribution >= 0.6 is 0 Å². The van der Waals surface area contributed by atoms with E-state index >= 15 is 0 Å². The minimum Gasteiger partial charge on any atom is -0.506 e. The molecule has 0 saturated heterocycles. The molecular weight excluding hydrogens is 272 g/mol. The Morgan fingerprint density at radius 1 is 0.955 bits per heavy atom. The smallest absolute Gasteiger partial charge is 0.143 e. The van der Waals surface area contributed by atoms with Crippen LogP contribution in [0.3, 0.4) is 0 Å². The summed E-state index contributed by atoms with van der Waals surface area (Å²) in [5.74, 6) is 0.181. The zero-order valence-electron chi connectivity index (χ0n) is 13.8. The van der Waals surface area contributed by atoms with Crippen molar-refractivity contribution >= 4 is 11.4 Å². The normalized spacial score (nSPS) is 12.0. The van der Waals surface area contributed by atoms with Gasteiger partial charge in [-0.15, -0.1) is 5.11 Å². The Morgan fingerprint density at radius 3 is 2.18 bits per heavy atom. The van der Waals surface area contributed by atoms with E-state index in [4.69, 9.17) is 0 Å². The number of phenols is 1. The van der Waals surface area contributed by atoms with Crippen molar-refractivity contribution in [3.05, 3.63) is 53.6 Å². The van der Waals surface area contributed by atoms with Gasteiger partial charge in [-0.3, -0.25) is 0 Å². The molecule has 0 saturated carbocycles. The zero-order valence-corrected chi connectivity index (χ0v) is 13.8. The van der Waals surface area contributed by atoms with Gasteiger partial charge in [-0.1, -0.05) is 52.3 Å². The van der Waals surface area contributed by atoms with Crippen molar-refractivity contribution in [2.45, 2.75) is 46.0 Å². The molecule has 0 spiro atoms. The van der Waals surface area contributed by atoms with Crippen LogP contribution in [0.2, 0.25) is 0 Å². The van der Waals surface area contributed by atoms with Gasteiger partial charge in [-0.05, 0) is 47.2 Å². The number of rotatable bonds is 4. The average molecular weight is 296 g/mol. The number of phenolic OH excluding ortho intramolecular Hbond substituents is 1. The Bertz CT molecular complexity index is 652. The Labute approximate surface area is 132 Å². The van der Waals surface area contributed by atoms with Gasteiger partial charge in [0.2, 0.25) is 0 Å². The first kappa shape index (κ1) is 16.2. The van der Waals surface area contributed by atoms with E-state index in [-0.39, 0.29) is 11.2 Å². The minimum atomic E-state index is 0.128. The van der Waals surface area contributed by atoms with Crippen LogP contribution < -0.4 is 0 Å². The number of aryl methyl sites for hydroxylation is 1. The van der Waals surface area contributed by atoms with Gasteiger partial charge >= 0.3 is 0 Å². The molecule has 22 heavy (non-hydrogen) atoms. The molecule has 0 bridgehead atoms. The van der Waals surface area contributed by atoms with Gasteiger partial charge in [0.05, 0.1) is 5.69 Å². The molecule has 0 heterocycles. The van der Waals surface area contributed by atoms with Crippen molar-refractivity contribution in [2.24, 2.45) is 10.2 Å². The molecule has 2 aromatic carbocycles. The molecule has 0 aliphatic heterocycles. The highest BCUT2D eigenvalue weighted by Gasteiger charge is 2.12. The largest absolute Gasteiger partial charge is 0.506 e. The van der Waals surface area contributed by atoms with E-state index in [0.29, 0.717) is 5.69 Å². The Kier molecular flexibility index (Phi) is 4.96. The standard InChI is InChI=1S/C19H24N2O/c1-5-6-14-7-12-17(18(22)13-14)21-20-16-10-8-15(9-11-16)19(2,3)4/h7-13,22H,5-6H2,1-4H3. The van der Waals surface area contributed by atoms with Crippen LogP contribution in [-0.2, 0) is 11.8 Å². The third-order valence-electron chi connectivity index (χ3n) is 3.59. The zero-order chi connectivity index (χ0) is 16.2. The van der Waals surface area contributed by atoms with Crippen molar-refractivity contribution in [3.63, 3.8) is 0 Å². The summed E-state index contributed by atoms with van der Waals surface area (Å²) in [6.45, 7) is 8.66. The SMILES string of the molecule is CCCc1ccc(N=Nc2ccc(C(C)(C)C)cc2)c(O)c1. The van der Waals surface area contributed by atoms with Crippen molar-refractivity contribution in [2.75, 3.05) is 0 Å². The maximum absolute atomic E-state index is 9.99. The lowest BCUT2D eigenvalue weighted by Crippen LogP contribution is -2.10.